The Morgan fingerprint density at radius 3 is 1.30 bits per heavy atom. The van der Waals surface area contributed by atoms with Gasteiger partial charge in [0.15, 0.2) is 0 Å². The Labute approximate surface area is 281 Å². The Bertz CT molecular complexity index is 1710. The number of anilines is 2. The van der Waals surface area contributed by atoms with E-state index in [1.807, 2.05) is 0 Å². The zero-order valence-corrected chi connectivity index (χ0v) is 28.5. The number of rotatable bonds is 13. The third-order valence-corrected chi connectivity index (χ3v) is 9.43. The van der Waals surface area contributed by atoms with Crippen LogP contribution in [-0.4, -0.2) is 35.6 Å². The summed E-state index contributed by atoms with van der Waals surface area (Å²) in [6.07, 6.45) is 11.6. The van der Waals surface area contributed by atoms with E-state index in [0.717, 1.165) is 35.2 Å². The van der Waals surface area contributed by atoms with Gasteiger partial charge in [0.1, 0.15) is 0 Å². The minimum atomic E-state index is 0. The van der Waals surface area contributed by atoms with Crippen molar-refractivity contribution in [3.8, 4) is 0 Å². The first-order chi connectivity index (χ1) is 20.7. The predicted molar refractivity (Wildman–Crippen MR) is 201 cm³/mol. The number of hydrogen-bond acceptors (Lipinski definition) is 6. The molecule has 2 N–H and O–H groups in total. The van der Waals surface area contributed by atoms with Crippen LogP contribution in [-0.2, 0) is 0 Å². The SMILES string of the molecule is CSc1ccc2c(NCCCCCCCCNc3c4ccccc4nc4cc(SC)ccc34)c3ccccc3nc2c1.Cl.Cl. The first-order valence-corrected chi connectivity index (χ1v) is 17.4. The molecule has 0 spiro atoms. The lowest BCUT2D eigenvalue weighted by atomic mass is 10.1. The molecule has 0 aliphatic rings. The van der Waals surface area contributed by atoms with Gasteiger partial charge in [-0.15, -0.1) is 48.3 Å². The van der Waals surface area contributed by atoms with Gasteiger partial charge in [0.25, 0.3) is 0 Å². The van der Waals surface area contributed by atoms with Crippen molar-refractivity contribution in [1.82, 2.24) is 9.97 Å². The highest BCUT2D eigenvalue weighted by molar-refractivity contribution is 7.98. The number of halogens is 2. The van der Waals surface area contributed by atoms with E-state index in [-0.39, 0.29) is 24.8 Å². The number of nitrogens with one attached hydrogen (secondary N) is 2. The van der Waals surface area contributed by atoms with E-state index < -0.39 is 0 Å². The smallest absolute Gasteiger partial charge is 0.0741 e. The van der Waals surface area contributed by atoms with Crippen molar-refractivity contribution in [2.24, 2.45) is 0 Å². The molecule has 0 atom stereocenters. The largest absolute Gasteiger partial charge is 0.384 e. The average molecular weight is 664 g/mol. The van der Waals surface area contributed by atoms with Gasteiger partial charge in [0.05, 0.1) is 33.4 Å². The summed E-state index contributed by atoms with van der Waals surface area (Å²) >= 11 is 3.52. The van der Waals surface area contributed by atoms with Crippen molar-refractivity contribution in [3.63, 3.8) is 0 Å². The molecule has 0 amide bonds. The lowest BCUT2D eigenvalue weighted by Gasteiger charge is -2.14. The van der Waals surface area contributed by atoms with Gasteiger partial charge in [-0.1, -0.05) is 62.1 Å². The first kappa shape index (κ1) is 34.0. The van der Waals surface area contributed by atoms with Gasteiger partial charge < -0.3 is 10.6 Å². The fourth-order valence-electron chi connectivity index (χ4n) is 5.76. The van der Waals surface area contributed by atoms with E-state index in [9.17, 15) is 0 Å². The summed E-state index contributed by atoms with van der Waals surface area (Å²) in [5.74, 6) is 0. The van der Waals surface area contributed by atoms with E-state index in [4.69, 9.17) is 9.97 Å². The van der Waals surface area contributed by atoms with Crippen molar-refractivity contribution in [1.29, 1.82) is 0 Å². The monoisotopic (exact) mass is 662 g/mol. The molecule has 6 rings (SSSR count). The van der Waals surface area contributed by atoms with Crippen molar-refractivity contribution < 1.29 is 0 Å². The molecule has 0 radical (unpaired) electrons. The van der Waals surface area contributed by atoms with E-state index in [1.54, 1.807) is 23.5 Å². The quantitative estimate of drug-likeness (QED) is 0.0729. The standard InChI is InChI=1S/C36H38N4S2.2ClH/c1-41-25-17-19-29-33(23-25)39-31-15-9-7-13-27(31)35(29)37-21-11-5-3-4-6-12-22-38-36-28-14-8-10-16-32(28)40-34-24-26(42-2)18-20-30(34)36;;/h7-10,13-20,23-24H,3-6,11-12,21-22H2,1-2H3,(H,37,39)(H,38,40);2*1H. The van der Waals surface area contributed by atoms with Gasteiger partial charge >= 0.3 is 0 Å². The Hall–Kier alpha value is -2.90. The maximum atomic E-state index is 4.93. The van der Waals surface area contributed by atoms with Crippen molar-refractivity contribution in [2.45, 2.75) is 48.3 Å². The molecule has 230 valence electrons. The zero-order chi connectivity index (χ0) is 28.7. The third-order valence-electron chi connectivity index (χ3n) is 7.98. The highest BCUT2D eigenvalue weighted by Gasteiger charge is 2.11. The summed E-state index contributed by atoms with van der Waals surface area (Å²) in [4.78, 5) is 12.4. The van der Waals surface area contributed by atoms with Crippen molar-refractivity contribution in [3.05, 3.63) is 84.9 Å². The molecular weight excluding hydrogens is 623 g/mol. The van der Waals surface area contributed by atoms with Gasteiger partial charge in [-0.05, 0) is 73.9 Å². The number of benzene rings is 4. The second kappa shape index (κ2) is 16.4. The van der Waals surface area contributed by atoms with Crippen LogP contribution in [0.4, 0.5) is 11.4 Å². The molecule has 0 bridgehead atoms. The Morgan fingerprint density at radius 1 is 0.477 bits per heavy atom. The number of hydrogen-bond donors (Lipinski definition) is 2. The predicted octanol–water partition coefficient (Wildman–Crippen LogP) is 11.2. The van der Waals surface area contributed by atoms with Gasteiger partial charge in [0.2, 0.25) is 0 Å². The molecule has 0 aliphatic heterocycles. The highest BCUT2D eigenvalue weighted by atomic mass is 35.5. The summed E-state index contributed by atoms with van der Waals surface area (Å²) < 4.78 is 0. The molecule has 0 saturated carbocycles. The lowest BCUT2D eigenvalue weighted by Crippen LogP contribution is -2.04. The van der Waals surface area contributed by atoms with Crippen LogP contribution >= 0.6 is 48.3 Å². The second-order valence-electron chi connectivity index (χ2n) is 10.7. The number of para-hydroxylation sites is 2. The summed E-state index contributed by atoms with van der Waals surface area (Å²) in [7, 11) is 0. The van der Waals surface area contributed by atoms with E-state index >= 15 is 0 Å². The van der Waals surface area contributed by atoms with Crippen LogP contribution in [0.3, 0.4) is 0 Å². The van der Waals surface area contributed by atoms with E-state index in [1.165, 1.54) is 81.2 Å². The molecule has 2 aromatic heterocycles. The Morgan fingerprint density at radius 2 is 0.864 bits per heavy atom. The molecule has 0 unspecified atom stereocenters. The summed E-state index contributed by atoms with van der Waals surface area (Å²) in [5.41, 5.74) is 6.67. The number of thioether (sulfide) groups is 2. The molecule has 6 aromatic rings. The molecule has 44 heavy (non-hydrogen) atoms. The van der Waals surface area contributed by atoms with E-state index in [0.29, 0.717) is 0 Å². The number of pyridine rings is 2. The Kier molecular flexibility index (Phi) is 12.7. The van der Waals surface area contributed by atoms with Crippen molar-refractivity contribution in [2.75, 3.05) is 36.2 Å². The number of unbranched alkanes of at least 4 members (excludes halogenated alkanes) is 5. The third kappa shape index (κ3) is 7.66. The van der Waals surface area contributed by atoms with Gasteiger partial charge in [0, 0.05) is 44.4 Å². The topological polar surface area (TPSA) is 49.8 Å². The van der Waals surface area contributed by atoms with Crippen LogP contribution in [0.15, 0.2) is 94.7 Å². The molecule has 0 fully saturated rings. The van der Waals surface area contributed by atoms with Crippen molar-refractivity contribution >= 4 is 103 Å². The molecule has 0 aliphatic carbocycles. The van der Waals surface area contributed by atoms with Gasteiger partial charge in [-0.2, -0.15) is 0 Å². The maximum absolute atomic E-state index is 4.93. The molecule has 0 saturated heterocycles. The van der Waals surface area contributed by atoms with Gasteiger partial charge in [-0.25, -0.2) is 9.97 Å². The van der Waals surface area contributed by atoms with Crippen LogP contribution in [0.2, 0.25) is 0 Å². The normalized spacial score (nSPS) is 11.0. The maximum Gasteiger partial charge on any atom is 0.0741 e. The lowest BCUT2D eigenvalue weighted by molar-refractivity contribution is 0.610. The van der Waals surface area contributed by atoms with Crippen LogP contribution in [0.5, 0.6) is 0 Å². The average Bonchev–Trinajstić information content (AvgIpc) is 3.04. The number of fused-ring (bicyclic) bond motifs is 4. The fourth-order valence-corrected chi connectivity index (χ4v) is 6.63. The molecule has 2 heterocycles. The first-order valence-electron chi connectivity index (χ1n) is 15.0. The van der Waals surface area contributed by atoms with E-state index in [2.05, 4.69) is 108 Å². The fraction of sp³-hybridized carbons (Fsp3) is 0.278. The molecule has 4 aromatic carbocycles. The Balaban J connectivity index is 0.00000221. The second-order valence-corrected chi connectivity index (χ2v) is 12.5. The minimum absolute atomic E-state index is 0. The summed E-state index contributed by atoms with van der Waals surface area (Å²) in [6, 6.07) is 30.2. The highest BCUT2D eigenvalue weighted by Crippen LogP contribution is 2.34. The molecule has 8 heteroatoms. The van der Waals surface area contributed by atoms with Crippen LogP contribution in [0.25, 0.3) is 43.6 Å². The van der Waals surface area contributed by atoms with Crippen LogP contribution < -0.4 is 10.6 Å². The molecule has 4 nitrogen and oxygen atoms in total. The zero-order valence-electron chi connectivity index (χ0n) is 25.3. The number of aromatic nitrogens is 2. The number of nitrogens with zero attached hydrogens (tertiary/aromatic N) is 2. The van der Waals surface area contributed by atoms with Gasteiger partial charge in [-0.3, -0.25) is 0 Å². The van der Waals surface area contributed by atoms with Crippen LogP contribution in [0.1, 0.15) is 38.5 Å². The minimum Gasteiger partial charge on any atom is -0.384 e. The van der Waals surface area contributed by atoms with Crippen LogP contribution in [0, 0.1) is 0 Å². The molecular formula is C36H40Cl2N4S2. The summed E-state index contributed by atoms with van der Waals surface area (Å²) in [6.45, 7) is 1.96. The summed E-state index contributed by atoms with van der Waals surface area (Å²) in [5, 5.41) is 12.4.